The van der Waals surface area contributed by atoms with Crippen LogP contribution >= 0.6 is 0 Å². The Bertz CT molecular complexity index is 676. The van der Waals surface area contributed by atoms with Gasteiger partial charge < -0.3 is 9.67 Å². The summed E-state index contributed by atoms with van der Waals surface area (Å²) in [7, 11) is -5.05. The van der Waals surface area contributed by atoms with Crippen LogP contribution in [-0.4, -0.2) is 44.1 Å². The second kappa shape index (κ2) is 5.47. The first-order chi connectivity index (χ1) is 9.23. The minimum Gasteiger partial charge on any atom is -0.390 e. The molecule has 0 aliphatic carbocycles. The lowest BCUT2D eigenvalue weighted by molar-refractivity contribution is 0.272. The molecule has 9 heteroatoms. The largest absolute Gasteiger partial charge is 0.390 e. The maximum absolute atomic E-state index is 12.2. The highest BCUT2D eigenvalue weighted by atomic mass is 32.2. The van der Waals surface area contributed by atoms with Crippen molar-refractivity contribution in [1.29, 1.82) is 0 Å². The summed E-state index contributed by atoms with van der Waals surface area (Å²) < 4.78 is 51.1. The van der Waals surface area contributed by atoms with Gasteiger partial charge in [0.2, 0.25) is 10.0 Å². The Morgan fingerprint density at radius 2 is 2.00 bits per heavy atom. The van der Waals surface area contributed by atoms with Crippen molar-refractivity contribution >= 4 is 19.9 Å². The lowest BCUT2D eigenvalue weighted by Crippen LogP contribution is -2.40. The first-order valence-electron chi connectivity index (χ1n) is 6.22. The molecule has 1 aromatic heterocycles. The smallest absolute Gasteiger partial charge is 0.242 e. The highest BCUT2D eigenvalue weighted by Crippen LogP contribution is 2.18. The summed E-state index contributed by atoms with van der Waals surface area (Å²) in [5.74, 6) is 0.0216. The Morgan fingerprint density at radius 3 is 2.50 bits per heavy atom. The van der Waals surface area contributed by atoms with Crippen LogP contribution in [0.2, 0.25) is 0 Å². The first-order valence-corrected chi connectivity index (χ1v) is 9.53. The molecule has 1 fully saturated rings. The van der Waals surface area contributed by atoms with Crippen LogP contribution in [0.15, 0.2) is 17.2 Å². The summed E-state index contributed by atoms with van der Waals surface area (Å²) in [6, 6.07) is 1.04. The van der Waals surface area contributed by atoms with Crippen molar-refractivity contribution < 1.29 is 21.9 Å². The average molecular weight is 322 g/mol. The van der Waals surface area contributed by atoms with Crippen LogP contribution in [0.3, 0.4) is 0 Å². The predicted molar refractivity (Wildman–Crippen MR) is 73.3 cm³/mol. The molecular formula is C11H18N2O5S2. The molecule has 0 unspecified atom stereocenters. The number of aromatic nitrogens is 1. The molecule has 7 nitrogen and oxygen atoms in total. The second-order valence-electron chi connectivity index (χ2n) is 4.98. The lowest BCUT2D eigenvalue weighted by atomic mass is 10.2. The molecule has 2 heterocycles. The van der Waals surface area contributed by atoms with Crippen molar-refractivity contribution in [2.45, 2.75) is 30.4 Å². The molecular weight excluding hydrogens is 304 g/mol. The minimum atomic E-state index is -3.69. The molecule has 1 aliphatic heterocycles. The minimum absolute atomic E-state index is 0.0108. The van der Waals surface area contributed by atoms with Gasteiger partial charge in [0, 0.05) is 25.0 Å². The van der Waals surface area contributed by atoms with Crippen LogP contribution in [0.25, 0.3) is 0 Å². The quantitative estimate of drug-likeness (QED) is 0.768. The highest BCUT2D eigenvalue weighted by molar-refractivity contribution is 7.91. The molecule has 1 aliphatic rings. The summed E-state index contributed by atoms with van der Waals surface area (Å²) >= 11 is 0. The summed E-state index contributed by atoms with van der Waals surface area (Å²) in [6.07, 6.45) is 2.01. The van der Waals surface area contributed by atoms with Crippen LogP contribution < -0.4 is 4.72 Å². The zero-order valence-electron chi connectivity index (χ0n) is 11.1. The van der Waals surface area contributed by atoms with E-state index in [0.717, 1.165) is 0 Å². The molecule has 0 spiro atoms. The first kappa shape index (κ1) is 15.5. The molecule has 1 saturated heterocycles. The van der Waals surface area contributed by atoms with E-state index in [1.807, 2.05) is 0 Å². The predicted octanol–water partition coefficient (Wildman–Crippen LogP) is -0.627. The topological polar surface area (TPSA) is 105 Å². The Hall–Kier alpha value is -0.900. The Balaban J connectivity index is 2.11. The normalized spacial score (nSPS) is 20.1. The number of aliphatic hydroxyl groups is 1. The van der Waals surface area contributed by atoms with E-state index in [-0.39, 0.29) is 29.0 Å². The van der Waals surface area contributed by atoms with Crippen LogP contribution in [0, 0.1) is 0 Å². The molecule has 0 aromatic carbocycles. The lowest BCUT2D eigenvalue weighted by Gasteiger charge is -2.22. The Labute approximate surface area is 118 Å². The summed E-state index contributed by atoms with van der Waals surface area (Å²) in [5.41, 5.74) is 0.497. The fourth-order valence-electron chi connectivity index (χ4n) is 2.18. The number of aliphatic hydroxyl groups excluding tert-OH is 1. The third kappa shape index (κ3) is 3.40. The van der Waals surface area contributed by atoms with Gasteiger partial charge in [-0.15, -0.1) is 0 Å². The molecule has 1 aromatic rings. The second-order valence-corrected chi connectivity index (χ2v) is 9.00. The Morgan fingerprint density at radius 1 is 1.40 bits per heavy atom. The van der Waals surface area contributed by atoms with Gasteiger partial charge in [0.25, 0.3) is 0 Å². The van der Waals surface area contributed by atoms with Crippen molar-refractivity contribution in [2.24, 2.45) is 7.05 Å². The number of rotatable bonds is 4. The number of aryl methyl sites for hydroxylation is 1. The van der Waals surface area contributed by atoms with Crippen molar-refractivity contribution in [2.75, 3.05) is 11.5 Å². The van der Waals surface area contributed by atoms with Gasteiger partial charge in [-0.2, -0.15) is 0 Å². The summed E-state index contributed by atoms with van der Waals surface area (Å²) in [5, 5.41) is 9.07. The monoisotopic (exact) mass is 322 g/mol. The zero-order valence-corrected chi connectivity index (χ0v) is 12.7. The van der Waals surface area contributed by atoms with Crippen molar-refractivity contribution in [3.05, 3.63) is 18.0 Å². The van der Waals surface area contributed by atoms with E-state index in [4.69, 9.17) is 5.11 Å². The van der Waals surface area contributed by atoms with Gasteiger partial charge in [0.15, 0.2) is 0 Å². The molecule has 2 rings (SSSR count). The van der Waals surface area contributed by atoms with Crippen molar-refractivity contribution in [1.82, 2.24) is 9.29 Å². The van der Waals surface area contributed by atoms with Crippen molar-refractivity contribution in [3.8, 4) is 0 Å². The van der Waals surface area contributed by atoms with E-state index >= 15 is 0 Å². The van der Waals surface area contributed by atoms with Gasteiger partial charge in [0.1, 0.15) is 9.84 Å². The van der Waals surface area contributed by atoms with E-state index in [1.54, 1.807) is 11.6 Å². The zero-order chi connectivity index (χ0) is 15.0. The molecule has 0 bridgehead atoms. The fourth-order valence-corrected chi connectivity index (χ4v) is 5.07. The molecule has 0 radical (unpaired) electrons. The average Bonchev–Trinajstić information content (AvgIpc) is 2.74. The van der Waals surface area contributed by atoms with E-state index in [0.29, 0.717) is 18.5 Å². The van der Waals surface area contributed by atoms with Gasteiger partial charge in [0.05, 0.1) is 23.0 Å². The van der Waals surface area contributed by atoms with E-state index in [1.165, 1.54) is 12.3 Å². The van der Waals surface area contributed by atoms with Crippen LogP contribution in [0.5, 0.6) is 0 Å². The van der Waals surface area contributed by atoms with Gasteiger partial charge in [-0.3, -0.25) is 0 Å². The molecule has 20 heavy (non-hydrogen) atoms. The number of hydrogen-bond donors (Lipinski definition) is 2. The third-order valence-electron chi connectivity index (χ3n) is 3.43. The molecule has 114 valence electrons. The molecule has 0 amide bonds. The number of sulfone groups is 1. The summed E-state index contributed by atoms with van der Waals surface area (Å²) in [6.45, 7) is -0.242. The molecule has 2 N–H and O–H groups in total. The number of nitrogens with zero attached hydrogens (tertiary/aromatic N) is 1. The van der Waals surface area contributed by atoms with Gasteiger partial charge in [-0.25, -0.2) is 21.6 Å². The van der Waals surface area contributed by atoms with E-state index in [9.17, 15) is 16.8 Å². The SMILES string of the molecule is Cn1cc(S(=O)(=O)NC2CCS(=O)(=O)CC2)cc1CO. The number of hydrogen-bond acceptors (Lipinski definition) is 5. The van der Waals surface area contributed by atoms with Crippen LogP contribution in [0.1, 0.15) is 18.5 Å². The number of nitrogens with one attached hydrogen (secondary N) is 1. The number of sulfonamides is 1. The van der Waals surface area contributed by atoms with Crippen LogP contribution in [0.4, 0.5) is 0 Å². The maximum atomic E-state index is 12.2. The van der Waals surface area contributed by atoms with Gasteiger partial charge >= 0.3 is 0 Å². The standard InChI is InChI=1S/C11H18N2O5S2/c1-13-7-11(6-10(13)8-14)20(17,18)12-9-2-4-19(15,16)5-3-9/h6-7,9,12,14H,2-5,8H2,1H3. The third-order valence-corrected chi connectivity index (χ3v) is 6.63. The molecule has 0 atom stereocenters. The maximum Gasteiger partial charge on any atom is 0.242 e. The van der Waals surface area contributed by atoms with E-state index < -0.39 is 19.9 Å². The fraction of sp³-hybridized carbons (Fsp3) is 0.636. The van der Waals surface area contributed by atoms with E-state index in [2.05, 4.69) is 4.72 Å². The van der Waals surface area contributed by atoms with Gasteiger partial charge in [-0.1, -0.05) is 0 Å². The highest BCUT2D eigenvalue weighted by Gasteiger charge is 2.28. The summed E-state index contributed by atoms with van der Waals surface area (Å²) in [4.78, 5) is 0.0810. The Kier molecular flexibility index (Phi) is 4.24. The molecule has 0 saturated carbocycles. The van der Waals surface area contributed by atoms with Crippen molar-refractivity contribution in [3.63, 3.8) is 0 Å². The van der Waals surface area contributed by atoms with Crippen LogP contribution in [-0.2, 0) is 33.5 Å². The van der Waals surface area contributed by atoms with Gasteiger partial charge in [-0.05, 0) is 18.9 Å².